The molecule has 0 saturated carbocycles. The number of carbonyl (C=O) groups excluding carboxylic acids is 1. The third-order valence-corrected chi connectivity index (χ3v) is 2.21. The first-order valence-electron chi connectivity index (χ1n) is 5.09. The van der Waals surface area contributed by atoms with Crippen molar-refractivity contribution in [2.24, 2.45) is 0 Å². The Bertz CT molecular complexity index is 412. The van der Waals surface area contributed by atoms with Crippen LogP contribution in [0.1, 0.15) is 18.9 Å². The molecule has 0 heterocycles. The van der Waals surface area contributed by atoms with E-state index in [1.54, 1.807) is 25.1 Å². The van der Waals surface area contributed by atoms with Crippen LogP contribution in [-0.2, 0) is 11.2 Å². The maximum Gasteiger partial charge on any atom is 0.225 e. The predicted octanol–water partition coefficient (Wildman–Crippen LogP) is 1.79. The Morgan fingerprint density at radius 3 is 2.81 bits per heavy atom. The van der Waals surface area contributed by atoms with Crippen molar-refractivity contribution in [2.75, 3.05) is 0 Å². The van der Waals surface area contributed by atoms with Gasteiger partial charge in [-0.15, -0.1) is 0 Å². The van der Waals surface area contributed by atoms with Crippen LogP contribution in [0.4, 0.5) is 4.39 Å². The number of amides is 1. The van der Waals surface area contributed by atoms with Gasteiger partial charge in [-0.2, -0.15) is 5.26 Å². The van der Waals surface area contributed by atoms with Gasteiger partial charge < -0.3 is 5.32 Å². The third-order valence-electron chi connectivity index (χ3n) is 2.21. The summed E-state index contributed by atoms with van der Waals surface area (Å²) in [5, 5.41) is 11.2. The molecule has 1 aromatic rings. The summed E-state index contributed by atoms with van der Waals surface area (Å²) in [7, 11) is 0. The van der Waals surface area contributed by atoms with Crippen molar-refractivity contribution in [1.82, 2.24) is 5.32 Å². The molecule has 1 unspecified atom stereocenters. The molecule has 0 aliphatic heterocycles. The Labute approximate surface area is 93.9 Å². The predicted molar refractivity (Wildman–Crippen MR) is 57.9 cm³/mol. The molecule has 16 heavy (non-hydrogen) atoms. The van der Waals surface area contributed by atoms with Gasteiger partial charge in [0.1, 0.15) is 11.9 Å². The molecule has 1 N–H and O–H groups in total. The molecular weight excluding hydrogens is 207 g/mol. The fourth-order valence-corrected chi connectivity index (χ4v) is 1.29. The minimum atomic E-state index is -0.501. The number of halogens is 1. The van der Waals surface area contributed by atoms with E-state index in [2.05, 4.69) is 5.32 Å². The van der Waals surface area contributed by atoms with Crippen molar-refractivity contribution < 1.29 is 9.18 Å². The van der Waals surface area contributed by atoms with E-state index in [4.69, 9.17) is 5.26 Å². The van der Waals surface area contributed by atoms with Gasteiger partial charge in [-0.25, -0.2) is 4.39 Å². The van der Waals surface area contributed by atoms with Crippen molar-refractivity contribution in [3.05, 3.63) is 35.6 Å². The average molecular weight is 220 g/mol. The average Bonchev–Trinajstić information content (AvgIpc) is 2.29. The zero-order chi connectivity index (χ0) is 12.0. The summed E-state index contributed by atoms with van der Waals surface area (Å²) in [6.07, 6.45) is 0.504. The Morgan fingerprint density at radius 2 is 2.25 bits per heavy atom. The molecule has 0 aliphatic rings. The fraction of sp³-hybridized carbons (Fsp3) is 0.333. The van der Waals surface area contributed by atoms with Crippen molar-refractivity contribution in [1.29, 1.82) is 5.26 Å². The van der Waals surface area contributed by atoms with Gasteiger partial charge in [-0.1, -0.05) is 25.1 Å². The quantitative estimate of drug-likeness (QED) is 0.841. The molecule has 0 radical (unpaired) electrons. The lowest BCUT2D eigenvalue weighted by Gasteiger charge is -2.09. The summed E-state index contributed by atoms with van der Waals surface area (Å²) in [5.74, 6) is -0.735. The molecule has 0 bridgehead atoms. The Kier molecular flexibility index (Phi) is 4.46. The molecule has 1 amide bonds. The van der Waals surface area contributed by atoms with Crippen LogP contribution in [0.2, 0.25) is 0 Å². The minimum absolute atomic E-state index is 0.0369. The highest BCUT2D eigenvalue weighted by molar-refractivity contribution is 5.79. The fourth-order valence-electron chi connectivity index (χ4n) is 1.29. The number of hydrogen-bond donors (Lipinski definition) is 1. The molecule has 0 spiro atoms. The maximum atomic E-state index is 13.2. The molecule has 0 aromatic heterocycles. The summed E-state index contributed by atoms with van der Waals surface area (Å²) in [4.78, 5) is 11.5. The topological polar surface area (TPSA) is 52.9 Å². The van der Waals surface area contributed by atoms with Crippen LogP contribution in [0, 0.1) is 17.1 Å². The third kappa shape index (κ3) is 3.35. The lowest BCUT2D eigenvalue weighted by molar-refractivity contribution is -0.120. The highest BCUT2D eigenvalue weighted by atomic mass is 19.1. The summed E-state index contributed by atoms with van der Waals surface area (Å²) in [5.41, 5.74) is 0.341. The second-order valence-corrected chi connectivity index (χ2v) is 3.43. The van der Waals surface area contributed by atoms with E-state index in [-0.39, 0.29) is 12.3 Å². The number of nitrogens with one attached hydrogen (secondary N) is 1. The number of benzene rings is 1. The first-order valence-corrected chi connectivity index (χ1v) is 5.09. The smallest absolute Gasteiger partial charge is 0.225 e. The molecule has 1 rings (SSSR count). The normalized spacial score (nSPS) is 11.6. The molecule has 1 atom stereocenters. The molecule has 4 heteroatoms. The summed E-state index contributed by atoms with van der Waals surface area (Å²) in [6, 6.07) is 7.57. The summed E-state index contributed by atoms with van der Waals surface area (Å²) < 4.78 is 13.2. The van der Waals surface area contributed by atoms with Crippen LogP contribution in [-0.4, -0.2) is 11.9 Å². The number of rotatable bonds is 4. The summed E-state index contributed by atoms with van der Waals surface area (Å²) >= 11 is 0. The lowest BCUT2D eigenvalue weighted by atomic mass is 10.1. The van der Waals surface area contributed by atoms with Crippen LogP contribution in [0.15, 0.2) is 24.3 Å². The largest absolute Gasteiger partial charge is 0.340 e. The van der Waals surface area contributed by atoms with Crippen LogP contribution >= 0.6 is 0 Å². The van der Waals surface area contributed by atoms with Gasteiger partial charge in [0.25, 0.3) is 0 Å². The highest BCUT2D eigenvalue weighted by Gasteiger charge is 2.11. The first-order chi connectivity index (χ1) is 7.67. The van der Waals surface area contributed by atoms with Gasteiger partial charge in [0, 0.05) is 0 Å². The number of nitrogens with zero attached hydrogens (tertiary/aromatic N) is 1. The maximum absolute atomic E-state index is 13.2. The van der Waals surface area contributed by atoms with Crippen LogP contribution in [0.3, 0.4) is 0 Å². The standard InChI is InChI=1S/C12H13FN2O/c1-2-10(8-14)15-12(16)7-9-5-3-4-6-11(9)13/h3-6,10H,2,7H2,1H3,(H,15,16). The van der Waals surface area contributed by atoms with E-state index in [9.17, 15) is 9.18 Å². The van der Waals surface area contributed by atoms with E-state index in [1.165, 1.54) is 6.07 Å². The highest BCUT2D eigenvalue weighted by Crippen LogP contribution is 2.07. The van der Waals surface area contributed by atoms with E-state index in [1.807, 2.05) is 6.07 Å². The Morgan fingerprint density at radius 1 is 1.56 bits per heavy atom. The SMILES string of the molecule is CCC(C#N)NC(=O)Cc1ccccc1F. The van der Waals surface area contributed by atoms with Crippen LogP contribution in [0.5, 0.6) is 0 Å². The molecule has 0 fully saturated rings. The van der Waals surface area contributed by atoms with Gasteiger partial charge in [0.2, 0.25) is 5.91 Å². The molecule has 0 saturated heterocycles. The van der Waals surface area contributed by atoms with E-state index >= 15 is 0 Å². The molecule has 1 aromatic carbocycles. The molecule has 3 nitrogen and oxygen atoms in total. The Hall–Kier alpha value is -1.89. The van der Waals surface area contributed by atoms with Crippen LogP contribution in [0.25, 0.3) is 0 Å². The van der Waals surface area contributed by atoms with E-state index in [0.717, 1.165) is 0 Å². The van der Waals surface area contributed by atoms with Gasteiger partial charge in [-0.3, -0.25) is 4.79 Å². The number of hydrogen-bond acceptors (Lipinski definition) is 2. The van der Waals surface area contributed by atoms with Gasteiger partial charge in [0.15, 0.2) is 0 Å². The number of carbonyl (C=O) groups is 1. The second kappa shape index (κ2) is 5.86. The van der Waals surface area contributed by atoms with Crippen molar-refractivity contribution in [3.8, 4) is 6.07 Å². The van der Waals surface area contributed by atoms with Gasteiger partial charge >= 0.3 is 0 Å². The lowest BCUT2D eigenvalue weighted by Crippen LogP contribution is -2.34. The van der Waals surface area contributed by atoms with Gasteiger partial charge in [-0.05, 0) is 18.1 Å². The minimum Gasteiger partial charge on any atom is -0.340 e. The monoisotopic (exact) mass is 220 g/mol. The molecular formula is C12H13FN2O. The summed E-state index contributed by atoms with van der Waals surface area (Å²) in [6.45, 7) is 1.80. The van der Waals surface area contributed by atoms with Crippen molar-refractivity contribution >= 4 is 5.91 Å². The zero-order valence-corrected chi connectivity index (χ0v) is 9.03. The Balaban J connectivity index is 2.59. The van der Waals surface area contributed by atoms with Crippen molar-refractivity contribution in [3.63, 3.8) is 0 Å². The van der Waals surface area contributed by atoms with E-state index < -0.39 is 11.9 Å². The zero-order valence-electron chi connectivity index (χ0n) is 9.03. The van der Waals surface area contributed by atoms with Gasteiger partial charge in [0.05, 0.1) is 12.5 Å². The van der Waals surface area contributed by atoms with Crippen molar-refractivity contribution in [2.45, 2.75) is 25.8 Å². The second-order valence-electron chi connectivity index (χ2n) is 3.43. The number of nitriles is 1. The first kappa shape index (κ1) is 12.2. The molecule has 84 valence electrons. The van der Waals surface area contributed by atoms with E-state index in [0.29, 0.717) is 12.0 Å². The molecule has 0 aliphatic carbocycles. The van der Waals surface area contributed by atoms with Crippen LogP contribution < -0.4 is 5.32 Å².